The second kappa shape index (κ2) is 10.1. The van der Waals surface area contributed by atoms with Crippen LogP contribution in [0.4, 0.5) is 13.2 Å². The Hall–Kier alpha value is -3.04. The van der Waals surface area contributed by atoms with Gasteiger partial charge in [0.1, 0.15) is 5.75 Å². The highest BCUT2D eigenvalue weighted by Crippen LogP contribution is 2.36. The molecule has 0 unspecified atom stereocenters. The number of nitrogens with one attached hydrogen (secondary N) is 1. The molecule has 1 aliphatic heterocycles. The molecule has 1 aliphatic rings. The van der Waals surface area contributed by atoms with Gasteiger partial charge in [-0.1, -0.05) is 19.1 Å². The van der Waals surface area contributed by atoms with Crippen LogP contribution in [-0.4, -0.2) is 47.9 Å². The molecule has 34 heavy (non-hydrogen) atoms. The minimum Gasteiger partial charge on any atom is -0.406 e. The lowest BCUT2D eigenvalue weighted by Crippen LogP contribution is -2.47. The molecule has 9 heteroatoms. The average Bonchev–Trinajstić information content (AvgIpc) is 3.14. The highest BCUT2D eigenvalue weighted by Gasteiger charge is 2.31. The third-order valence-electron chi connectivity index (χ3n) is 6.05. The zero-order chi connectivity index (χ0) is 24.3. The molecular weight excluding hydrogens is 445 g/mol. The zero-order valence-electron chi connectivity index (χ0n) is 19.1. The third kappa shape index (κ3) is 5.53. The van der Waals surface area contributed by atoms with Gasteiger partial charge < -0.3 is 20.4 Å². The van der Waals surface area contributed by atoms with Gasteiger partial charge in [-0.05, 0) is 60.3 Å². The molecule has 1 amide bonds. The van der Waals surface area contributed by atoms with Crippen LogP contribution in [0.2, 0.25) is 0 Å². The van der Waals surface area contributed by atoms with E-state index < -0.39 is 6.36 Å². The van der Waals surface area contributed by atoms with Crippen molar-refractivity contribution >= 4 is 16.8 Å². The molecule has 0 spiro atoms. The Morgan fingerprint density at radius 3 is 2.68 bits per heavy atom. The van der Waals surface area contributed by atoms with Crippen LogP contribution in [0.15, 0.2) is 42.6 Å². The number of nitrogens with zero attached hydrogens (tertiary/aromatic N) is 2. The largest absolute Gasteiger partial charge is 0.573 e. The minimum atomic E-state index is -4.73. The molecule has 0 bridgehead atoms. The van der Waals surface area contributed by atoms with E-state index in [-0.39, 0.29) is 11.7 Å². The van der Waals surface area contributed by atoms with Crippen LogP contribution in [0.5, 0.6) is 5.75 Å². The molecule has 4 rings (SSSR count). The number of rotatable bonds is 8. The fourth-order valence-electron chi connectivity index (χ4n) is 4.51. The van der Waals surface area contributed by atoms with Crippen molar-refractivity contribution in [3.05, 3.63) is 53.7 Å². The van der Waals surface area contributed by atoms with Gasteiger partial charge in [0.25, 0.3) is 0 Å². The maximum atomic E-state index is 12.7. The van der Waals surface area contributed by atoms with Crippen molar-refractivity contribution in [2.24, 2.45) is 5.73 Å². The summed E-state index contributed by atoms with van der Waals surface area (Å²) >= 11 is 0. The molecule has 3 N–H and O–H groups in total. The van der Waals surface area contributed by atoms with Crippen molar-refractivity contribution in [2.45, 2.75) is 39.2 Å². The van der Waals surface area contributed by atoms with Crippen LogP contribution < -0.4 is 15.8 Å². The number of fused-ring (bicyclic) bond motifs is 1. The summed E-state index contributed by atoms with van der Waals surface area (Å²) in [4.78, 5) is 13.9. The first kappa shape index (κ1) is 24.1. The first-order valence-corrected chi connectivity index (χ1v) is 11.5. The topological polar surface area (TPSA) is 72.5 Å². The number of hydrogen-bond donors (Lipinski definition) is 2. The van der Waals surface area contributed by atoms with Crippen LogP contribution >= 0.6 is 0 Å². The Morgan fingerprint density at radius 2 is 1.97 bits per heavy atom. The monoisotopic (exact) mass is 474 g/mol. The van der Waals surface area contributed by atoms with Gasteiger partial charge in [-0.3, -0.25) is 9.69 Å². The van der Waals surface area contributed by atoms with Gasteiger partial charge in [0.05, 0.1) is 6.54 Å². The fraction of sp³-hybridized carbons (Fsp3) is 0.400. The molecule has 182 valence electrons. The summed E-state index contributed by atoms with van der Waals surface area (Å²) in [5.41, 5.74) is 10.5. The minimum absolute atomic E-state index is 0.0229. The lowest BCUT2D eigenvalue weighted by Gasteiger charge is -2.26. The van der Waals surface area contributed by atoms with Gasteiger partial charge in [-0.25, -0.2) is 0 Å². The number of piperazine rings is 1. The number of amides is 1. The lowest BCUT2D eigenvalue weighted by molar-refractivity contribution is -0.274. The number of nitrogens with two attached hydrogens (primary N) is 1. The quantitative estimate of drug-likeness (QED) is 0.517. The van der Waals surface area contributed by atoms with E-state index in [1.807, 2.05) is 6.92 Å². The zero-order valence-corrected chi connectivity index (χ0v) is 19.1. The maximum absolute atomic E-state index is 12.7. The number of hydrogen-bond acceptors (Lipinski definition) is 4. The molecular formula is C25H29F3N4O2. The van der Waals surface area contributed by atoms with E-state index in [4.69, 9.17) is 5.73 Å². The van der Waals surface area contributed by atoms with Crippen LogP contribution in [0.3, 0.4) is 0 Å². The molecule has 0 atom stereocenters. The molecule has 1 aromatic heterocycles. The summed E-state index contributed by atoms with van der Waals surface area (Å²) < 4.78 is 44.5. The number of ether oxygens (including phenoxy) is 1. The highest BCUT2D eigenvalue weighted by molar-refractivity contribution is 5.97. The SMILES string of the molecule is CCc1cc(OC(F)(F)F)ccc1-c1cn(CCCN)c2ccc(CN3CCNC(=O)C3)cc12. The van der Waals surface area contributed by atoms with Gasteiger partial charge in [-0.15, -0.1) is 13.2 Å². The number of aromatic nitrogens is 1. The Kier molecular flexibility index (Phi) is 7.13. The predicted molar refractivity (Wildman–Crippen MR) is 125 cm³/mol. The van der Waals surface area contributed by atoms with E-state index in [2.05, 4.69) is 43.9 Å². The lowest BCUT2D eigenvalue weighted by atomic mass is 9.96. The smallest absolute Gasteiger partial charge is 0.406 e. The number of carbonyl (C=O) groups is 1. The van der Waals surface area contributed by atoms with Crippen molar-refractivity contribution in [3.63, 3.8) is 0 Å². The maximum Gasteiger partial charge on any atom is 0.573 e. The predicted octanol–water partition coefficient (Wildman–Crippen LogP) is 4.05. The first-order valence-electron chi connectivity index (χ1n) is 11.5. The Morgan fingerprint density at radius 1 is 1.15 bits per heavy atom. The van der Waals surface area contributed by atoms with Gasteiger partial charge in [0, 0.05) is 48.8 Å². The Labute approximate surface area is 196 Å². The molecule has 2 heterocycles. The van der Waals surface area contributed by atoms with Crippen molar-refractivity contribution in [3.8, 4) is 16.9 Å². The van der Waals surface area contributed by atoms with Gasteiger partial charge in [0.15, 0.2) is 0 Å². The summed E-state index contributed by atoms with van der Waals surface area (Å²) in [5.74, 6) is -0.196. The standard InChI is InChI=1S/C25H29F3N4O2/c1-2-18-13-19(34-25(26,27)28)5-6-20(18)22-15-32(10-3-8-29)23-7-4-17(12-21(22)23)14-31-11-9-30-24(33)16-31/h4-7,12-13,15H,2-3,8-11,14,16,29H2,1H3,(H,30,33). The average molecular weight is 475 g/mol. The fourth-order valence-corrected chi connectivity index (χ4v) is 4.51. The number of alkyl halides is 3. The number of carbonyl (C=O) groups excluding carboxylic acids is 1. The summed E-state index contributed by atoms with van der Waals surface area (Å²) in [5, 5.41) is 3.86. The van der Waals surface area contributed by atoms with E-state index in [0.29, 0.717) is 32.6 Å². The van der Waals surface area contributed by atoms with Gasteiger partial charge in [-0.2, -0.15) is 0 Å². The second-order valence-corrected chi connectivity index (χ2v) is 8.51. The number of aryl methyl sites for hydroxylation is 2. The van der Waals surface area contributed by atoms with E-state index >= 15 is 0 Å². The van der Waals surface area contributed by atoms with Crippen LogP contribution in [0.1, 0.15) is 24.5 Å². The highest BCUT2D eigenvalue weighted by atomic mass is 19.4. The van der Waals surface area contributed by atoms with Crippen molar-refractivity contribution in [2.75, 3.05) is 26.2 Å². The van der Waals surface area contributed by atoms with Crippen molar-refractivity contribution in [1.29, 1.82) is 0 Å². The normalized spacial score (nSPS) is 15.0. The summed E-state index contributed by atoms with van der Waals surface area (Å²) in [7, 11) is 0. The molecule has 6 nitrogen and oxygen atoms in total. The number of halogens is 3. The molecule has 1 saturated heterocycles. The molecule has 0 aliphatic carbocycles. The number of benzene rings is 2. The van der Waals surface area contributed by atoms with Gasteiger partial charge >= 0.3 is 6.36 Å². The molecule has 0 radical (unpaired) electrons. The van der Waals surface area contributed by atoms with Crippen LogP contribution in [0.25, 0.3) is 22.0 Å². The van der Waals surface area contributed by atoms with Gasteiger partial charge in [0.2, 0.25) is 5.91 Å². The van der Waals surface area contributed by atoms with Crippen molar-refractivity contribution in [1.82, 2.24) is 14.8 Å². The molecule has 0 saturated carbocycles. The van der Waals surface area contributed by atoms with E-state index in [1.165, 1.54) is 12.1 Å². The summed E-state index contributed by atoms with van der Waals surface area (Å²) in [6.45, 7) is 5.65. The molecule has 1 fully saturated rings. The Balaban J connectivity index is 1.75. The first-order chi connectivity index (χ1) is 16.3. The van der Waals surface area contributed by atoms with E-state index in [1.54, 1.807) is 6.07 Å². The summed E-state index contributed by atoms with van der Waals surface area (Å²) in [6, 6.07) is 10.8. The molecule has 3 aromatic rings. The summed E-state index contributed by atoms with van der Waals surface area (Å²) in [6.07, 6.45) is -1.31. The van der Waals surface area contributed by atoms with Crippen LogP contribution in [0, 0.1) is 0 Å². The van der Waals surface area contributed by atoms with Crippen molar-refractivity contribution < 1.29 is 22.7 Å². The second-order valence-electron chi connectivity index (χ2n) is 8.51. The Bertz CT molecular complexity index is 1170. The van der Waals surface area contributed by atoms with Crippen LogP contribution in [-0.2, 0) is 24.3 Å². The third-order valence-corrected chi connectivity index (χ3v) is 6.05. The van der Waals surface area contributed by atoms with E-state index in [0.717, 1.165) is 52.7 Å². The molecule has 2 aromatic carbocycles. The van der Waals surface area contributed by atoms with E-state index in [9.17, 15) is 18.0 Å².